The Balaban J connectivity index is 1.55. The first-order chi connectivity index (χ1) is 13.8. The van der Waals surface area contributed by atoms with Gasteiger partial charge in [0.1, 0.15) is 11.4 Å². The van der Waals surface area contributed by atoms with E-state index in [9.17, 15) is 4.79 Å². The summed E-state index contributed by atoms with van der Waals surface area (Å²) in [6, 6.07) is 7.47. The van der Waals surface area contributed by atoms with Gasteiger partial charge in [-0.25, -0.2) is 14.8 Å². The number of hydrogen-bond donors (Lipinski definition) is 1. The van der Waals surface area contributed by atoms with Gasteiger partial charge in [0, 0.05) is 36.5 Å². The van der Waals surface area contributed by atoms with Crippen molar-refractivity contribution in [3.63, 3.8) is 0 Å². The van der Waals surface area contributed by atoms with Crippen LogP contribution in [0.3, 0.4) is 0 Å². The molecule has 1 fully saturated rings. The van der Waals surface area contributed by atoms with Gasteiger partial charge in [-0.2, -0.15) is 0 Å². The van der Waals surface area contributed by atoms with Crippen LogP contribution in [0.1, 0.15) is 27.2 Å². The average Bonchev–Trinajstić information content (AvgIpc) is 2.67. The van der Waals surface area contributed by atoms with Gasteiger partial charge >= 0.3 is 6.09 Å². The number of nitrogens with zero attached hydrogens (tertiary/aromatic N) is 2. The standard InChI is InChI=1S/C21H26ClN3O4/c1-21(2,3)29-20(26)25-18-8-9-27-12-15(18)13-28-17-6-4-14(5-7-17)19-23-10-16(22)11-24-19/h4-7,10-11,15,18H,8-9,12-13H2,1-3H3,(H,25,26)/t15-,18+/m1/s1. The van der Waals surface area contributed by atoms with Gasteiger partial charge in [0.2, 0.25) is 0 Å². The van der Waals surface area contributed by atoms with Crippen molar-refractivity contribution in [2.24, 2.45) is 5.92 Å². The van der Waals surface area contributed by atoms with Crippen LogP contribution < -0.4 is 10.1 Å². The first-order valence-corrected chi connectivity index (χ1v) is 9.96. The number of carbonyl (C=O) groups is 1. The van der Waals surface area contributed by atoms with E-state index >= 15 is 0 Å². The van der Waals surface area contributed by atoms with E-state index in [1.165, 1.54) is 0 Å². The number of amides is 1. The predicted octanol–water partition coefficient (Wildman–Crippen LogP) is 4.11. The number of alkyl carbamates (subject to hydrolysis) is 1. The predicted molar refractivity (Wildman–Crippen MR) is 110 cm³/mol. The molecule has 2 atom stereocenters. The van der Waals surface area contributed by atoms with Crippen molar-refractivity contribution < 1.29 is 19.0 Å². The van der Waals surface area contributed by atoms with Crippen LogP contribution in [0.2, 0.25) is 5.02 Å². The van der Waals surface area contributed by atoms with Gasteiger partial charge in [-0.05, 0) is 51.5 Å². The zero-order valence-electron chi connectivity index (χ0n) is 16.9. The Hall–Kier alpha value is -2.38. The normalized spacial score (nSPS) is 19.4. The molecule has 0 spiro atoms. The smallest absolute Gasteiger partial charge is 0.407 e. The lowest BCUT2D eigenvalue weighted by molar-refractivity contribution is 0.00439. The molecule has 1 N–H and O–H groups in total. The highest BCUT2D eigenvalue weighted by atomic mass is 35.5. The Kier molecular flexibility index (Phi) is 6.92. The van der Waals surface area contributed by atoms with Gasteiger partial charge in [0.15, 0.2) is 5.82 Å². The van der Waals surface area contributed by atoms with Crippen LogP contribution in [0.15, 0.2) is 36.7 Å². The summed E-state index contributed by atoms with van der Waals surface area (Å²) >= 11 is 5.82. The molecule has 0 aliphatic carbocycles. The maximum absolute atomic E-state index is 12.1. The Labute approximate surface area is 175 Å². The first kappa shape index (κ1) is 21.3. The Morgan fingerprint density at radius 3 is 2.59 bits per heavy atom. The summed E-state index contributed by atoms with van der Waals surface area (Å²) in [6.07, 6.45) is 3.44. The van der Waals surface area contributed by atoms with E-state index in [2.05, 4.69) is 15.3 Å². The summed E-state index contributed by atoms with van der Waals surface area (Å²) < 4.78 is 16.9. The number of halogens is 1. The molecule has 1 aliphatic heterocycles. The lowest BCUT2D eigenvalue weighted by Crippen LogP contribution is -2.48. The van der Waals surface area contributed by atoms with Gasteiger partial charge in [0.25, 0.3) is 0 Å². The molecule has 1 aromatic carbocycles. The molecule has 2 aromatic rings. The van der Waals surface area contributed by atoms with Crippen LogP contribution >= 0.6 is 11.6 Å². The molecule has 0 bridgehead atoms. The van der Waals surface area contributed by atoms with Crippen molar-refractivity contribution in [2.75, 3.05) is 19.8 Å². The Morgan fingerprint density at radius 2 is 1.93 bits per heavy atom. The molecule has 3 rings (SSSR count). The van der Waals surface area contributed by atoms with Crippen LogP contribution in [0.5, 0.6) is 5.75 Å². The second-order valence-electron chi connectivity index (χ2n) is 7.94. The highest BCUT2D eigenvalue weighted by Crippen LogP contribution is 2.22. The molecular formula is C21H26ClN3O4. The maximum Gasteiger partial charge on any atom is 0.407 e. The molecule has 156 valence electrons. The number of nitrogens with one attached hydrogen (secondary N) is 1. The minimum atomic E-state index is -0.531. The molecule has 29 heavy (non-hydrogen) atoms. The molecule has 8 heteroatoms. The van der Waals surface area contributed by atoms with Crippen LogP contribution in [-0.2, 0) is 9.47 Å². The molecule has 0 unspecified atom stereocenters. The van der Waals surface area contributed by atoms with E-state index in [1.54, 1.807) is 12.4 Å². The number of aromatic nitrogens is 2. The summed E-state index contributed by atoms with van der Waals surface area (Å²) in [7, 11) is 0. The van der Waals surface area contributed by atoms with Gasteiger partial charge in [-0.15, -0.1) is 0 Å². The minimum Gasteiger partial charge on any atom is -0.493 e. The minimum absolute atomic E-state index is 0.0375. The quantitative estimate of drug-likeness (QED) is 0.785. The highest BCUT2D eigenvalue weighted by Gasteiger charge is 2.29. The van der Waals surface area contributed by atoms with E-state index in [0.717, 1.165) is 17.7 Å². The molecule has 1 aliphatic rings. The summed E-state index contributed by atoms with van der Waals surface area (Å²) in [5.41, 5.74) is 0.344. The van der Waals surface area contributed by atoms with Crippen LogP contribution in [0, 0.1) is 5.92 Å². The lowest BCUT2D eigenvalue weighted by Gasteiger charge is -2.32. The molecule has 7 nitrogen and oxygen atoms in total. The fourth-order valence-electron chi connectivity index (χ4n) is 2.97. The fraction of sp³-hybridized carbons (Fsp3) is 0.476. The summed E-state index contributed by atoms with van der Waals surface area (Å²) in [5.74, 6) is 1.36. The van der Waals surface area contributed by atoms with Crippen molar-refractivity contribution in [1.29, 1.82) is 0 Å². The van der Waals surface area contributed by atoms with E-state index in [0.29, 0.717) is 30.7 Å². The molecular weight excluding hydrogens is 394 g/mol. The van der Waals surface area contributed by atoms with E-state index in [-0.39, 0.29) is 12.0 Å². The zero-order chi connectivity index (χ0) is 20.9. The summed E-state index contributed by atoms with van der Waals surface area (Å²) in [5, 5.41) is 3.45. The van der Waals surface area contributed by atoms with Crippen molar-refractivity contribution in [3.05, 3.63) is 41.7 Å². The number of hydrogen-bond acceptors (Lipinski definition) is 6. The third kappa shape index (κ3) is 6.58. The second-order valence-corrected chi connectivity index (χ2v) is 8.37. The topological polar surface area (TPSA) is 82.6 Å². The molecule has 2 heterocycles. The fourth-order valence-corrected chi connectivity index (χ4v) is 3.07. The van der Waals surface area contributed by atoms with Gasteiger partial charge in [-0.3, -0.25) is 0 Å². The first-order valence-electron chi connectivity index (χ1n) is 9.58. The third-order valence-corrected chi connectivity index (χ3v) is 4.57. The van der Waals surface area contributed by atoms with E-state index < -0.39 is 11.7 Å². The molecule has 1 amide bonds. The van der Waals surface area contributed by atoms with Crippen LogP contribution in [-0.4, -0.2) is 47.5 Å². The SMILES string of the molecule is CC(C)(C)OC(=O)N[C@H]1CCOC[C@@H]1COc1ccc(-c2ncc(Cl)cn2)cc1. The van der Waals surface area contributed by atoms with Crippen molar-refractivity contribution in [1.82, 2.24) is 15.3 Å². The highest BCUT2D eigenvalue weighted by molar-refractivity contribution is 6.30. The molecule has 0 radical (unpaired) electrons. The molecule has 0 saturated carbocycles. The molecule has 1 saturated heterocycles. The Bertz CT molecular complexity index is 806. The van der Waals surface area contributed by atoms with E-state index in [4.69, 9.17) is 25.8 Å². The van der Waals surface area contributed by atoms with Crippen molar-refractivity contribution >= 4 is 17.7 Å². The van der Waals surface area contributed by atoms with E-state index in [1.807, 2.05) is 45.0 Å². The lowest BCUT2D eigenvalue weighted by atomic mass is 9.97. The van der Waals surface area contributed by atoms with Gasteiger partial charge in [-0.1, -0.05) is 11.6 Å². The summed E-state index contributed by atoms with van der Waals surface area (Å²) in [4.78, 5) is 20.5. The molecule has 1 aromatic heterocycles. The average molecular weight is 420 g/mol. The van der Waals surface area contributed by atoms with Crippen molar-refractivity contribution in [2.45, 2.75) is 38.8 Å². The number of benzene rings is 1. The van der Waals surface area contributed by atoms with Crippen LogP contribution in [0.4, 0.5) is 4.79 Å². The number of carbonyl (C=O) groups excluding carboxylic acids is 1. The third-order valence-electron chi connectivity index (χ3n) is 4.37. The van der Waals surface area contributed by atoms with Gasteiger partial charge in [0.05, 0.1) is 18.2 Å². The van der Waals surface area contributed by atoms with Crippen LogP contribution in [0.25, 0.3) is 11.4 Å². The monoisotopic (exact) mass is 419 g/mol. The van der Waals surface area contributed by atoms with Crippen molar-refractivity contribution in [3.8, 4) is 17.1 Å². The largest absolute Gasteiger partial charge is 0.493 e. The Morgan fingerprint density at radius 1 is 1.24 bits per heavy atom. The summed E-state index contributed by atoms with van der Waals surface area (Å²) in [6.45, 7) is 7.09. The zero-order valence-corrected chi connectivity index (χ0v) is 17.6. The van der Waals surface area contributed by atoms with Gasteiger partial charge < -0.3 is 19.5 Å². The number of ether oxygens (including phenoxy) is 3. The second kappa shape index (κ2) is 9.41. The number of rotatable bonds is 5. The maximum atomic E-state index is 12.1.